The molecule has 4 aromatic rings. The van der Waals surface area contributed by atoms with Crippen LogP contribution < -0.4 is 0 Å². The first kappa shape index (κ1) is 28.2. The summed E-state index contributed by atoms with van der Waals surface area (Å²) in [6.45, 7) is 10.4. The predicted octanol–water partition coefficient (Wildman–Crippen LogP) is 7.02. The van der Waals surface area contributed by atoms with Crippen molar-refractivity contribution in [1.29, 1.82) is 0 Å². The van der Waals surface area contributed by atoms with Gasteiger partial charge in [0.05, 0.1) is 6.61 Å². The number of rotatable bonds is 9. The third-order valence-electron chi connectivity index (χ3n) is 7.24. The van der Waals surface area contributed by atoms with Crippen LogP contribution in [0.3, 0.4) is 0 Å². The van der Waals surface area contributed by atoms with E-state index in [1.165, 1.54) is 11.1 Å². The molecule has 4 rings (SSSR count). The zero-order valence-electron chi connectivity index (χ0n) is 23.7. The van der Waals surface area contributed by atoms with Crippen molar-refractivity contribution >= 4 is 5.97 Å². The van der Waals surface area contributed by atoms with Gasteiger partial charge in [0.2, 0.25) is 5.82 Å². The zero-order valence-corrected chi connectivity index (χ0v) is 23.7. The summed E-state index contributed by atoms with van der Waals surface area (Å²) in [5, 5.41) is 14.0. The molecule has 0 radical (unpaired) electrons. The van der Waals surface area contributed by atoms with E-state index >= 15 is 0 Å². The number of aromatic nitrogens is 2. The van der Waals surface area contributed by atoms with E-state index < -0.39 is 17.4 Å². The molecule has 0 bridgehead atoms. The van der Waals surface area contributed by atoms with Crippen molar-refractivity contribution in [2.24, 2.45) is 5.41 Å². The average Bonchev–Trinajstić information content (AvgIpc) is 3.38. The molecule has 0 aliphatic heterocycles. The van der Waals surface area contributed by atoms with Crippen molar-refractivity contribution in [3.8, 4) is 34.0 Å². The number of hydrogen-bond donors (Lipinski definition) is 1. The summed E-state index contributed by atoms with van der Waals surface area (Å²) in [7, 11) is 3.54. The second kappa shape index (κ2) is 11.5. The first-order chi connectivity index (χ1) is 18.5. The van der Waals surface area contributed by atoms with Gasteiger partial charge >= 0.3 is 5.97 Å². The fourth-order valence-electron chi connectivity index (χ4n) is 5.12. The minimum atomic E-state index is -0.826. The number of carboxylic acids is 1. The van der Waals surface area contributed by atoms with Gasteiger partial charge in [-0.15, -0.1) is 0 Å². The highest BCUT2D eigenvalue weighted by molar-refractivity contribution is 5.75. The van der Waals surface area contributed by atoms with Gasteiger partial charge in [-0.25, -0.2) is 0 Å². The molecule has 0 fully saturated rings. The lowest BCUT2D eigenvalue weighted by atomic mass is 9.84. The molecule has 2 unspecified atom stereocenters. The third-order valence-corrected chi connectivity index (χ3v) is 7.24. The largest absolute Gasteiger partial charge is 0.480 e. The van der Waals surface area contributed by atoms with Gasteiger partial charge in [0.25, 0.3) is 5.89 Å². The lowest BCUT2D eigenvalue weighted by molar-refractivity contribution is -0.148. The lowest BCUT2D eigenvalue weighted by Gasteiger charge is -2.38. The molecule has 0 spiro atoms. The molecule has 0 saturated carbocycles. The van der Waals surface area contributed by atoms with Gasteiger partial charge in [0.1, 0.15) is 6.04 Å². The summed E-state index contributed by atoms with van der Waals surface area (Å²) in [6, 6.07) is 21.5. The molecule has 0 aliphatic rings. The molecular weight excluding hydrogens is 490 g/mol. The van der Waals surface area contributed by atoms with Crippen LogP contribution in [0.25, 0.3) is 34.0 Å². The predicted molar refractivity (Wildman–Crippen MR) is 153 cm³/mol. The number of nitrogens with zero attached hydrogens (tertiary/aromatic N) is 3. The topological polar surface area (TPSA) is 88.7 Å². The van der Waals surface area contributed by atoms with Crippen molar-refractivity contribution in [3.05, 3.63) is 83.4 Å². The van der Waals surface area contributed by atoms with Crippen LogP contribution in [0.4, 0.5) is 0 Å². The molecule has 0 saturated heterocycles. The first-order valence-electron chi connectivity index (χ1n) is 13.1. The molecule has 0 aliphatic carbocycles. The Morgan fingerprint density at radius 3 is 2.31 bits per heavy atom. The first-order valence-corrected chi connectivity index (χ1v) is 13.1. The van der Waals surface area contributed by atoms with Crippen LogP contribution in [0.5, 0.6) is 0 Å². The number of methoxy groups -OCH3 is 1. The van der Waals surface area contributed by atoms with Gasteiger partial charge in [-0.3, -0.25) is 9.69 Å². The lowest BCUT2D eigenvalue weighted by Crippen LogP contribution is -2.48. The van der Waals surface area contributed by atoms with Gasteiger partial charge in [0.15, 0.2) is 0 Å². The summed E-state index contributed by atoms with van der Waals surface area (Å²) in [6.07, 6.45) is 0. The molecular formula is C32H37N3O4. The van der Waals surface area contributed by atoms with Crippen LogP contribution in [0.2, 0.25) is 0 Å². The molecule has 1 heterocycles. The van der Waals surface area contributed by atoms with Crippen LogP contribution in [0.1, 0.15) is 50.4 Å². The molecule has 0 amide bonds. The van der Waals surface area contributed by atoms with Crippen LogP contribution in [-0.4, -0.2) is 46.3 Å². The summed E-state index contributed by atoms with van der Waals surface area (Å²) < 4.78 is 11.1. The highest BCUT2D eigenvalue weighted by atomic mass is 16.5. The second-order valence-corrected chi connectivity index (χ2v) is 11.1. The molecule has 39 heavy (non-hydrogen) atoms. The molecule has 2 atom stereocenters. The zero-order chi connectivity index (χ0) is 28.3. The number of ether oxygens (including phenoxy) is 1. The summed E-state index contributed by atoms with van der Waals surface area (Å²) in [5.41, 5.74) is 6.78. The highest BCUT2D eigenvalue weighted by Gasteiger charge is 2.37. The van der Waals surface area contributed by atoms with Crippen LogP contribution >= 0.6 is 0 Å². The summed E-state index contributed by atoms with van der Waals surface area (Å²) in [5.74, 6) is 0.102. The number of hydrogen-bond acceptors (Lipinski definition) is 6. The molecule has 3 aromatic carbocycles. The number of benzene rings is 3. The van der Waals surface area contributed by atoms with Crippen LogP contribution in [0.15, 0.2) is 71.3 Å². The van der Waals surface area contributed by atoms with E-state index in [4.69, 9.17) is 9.26 Å². The average molecular weight is 528 g/mol. The van der Waals surface area contributed by atoms with Gasteiger partial charge in [-0.2, -0.15) is 4.98 Å². The highest BCUT2D eigenvalue weighted by Crippen LogP contribution is 2.33. The summed E-state index contributed by atoms with van der Waals surface area (Å²) in [4.78, 5) is 18.5. The van der Waals surface area contributed by atoms with E-state index in [0.29, 0.717) is 18.3 Å². The van der Waals surface area contributed by atoms with Crippen molar-refractivity contribution in [3.63, 3.8) is 0 Å². The Hall–Kier alpha value is -3.81. The van der Waals surface area contributed by atoms with Gasteiger partial charge in [-0.05, 0) is 66.3 Å². The van der Waals surface area contributed by atoms with Crippen molar-refractivity contribution in [2.75, 3.05) is 14.2 Å². The molecule has 7 nitrogen and oxygen atoms in total. The smallest absolute Gasteiger partial charge is 0.321 e. The van der Waals surface area contributed by atoms with E-state index in [0.717, 1.165) is 27.8 Å². The Labute approximate surface area is 230 Å². The minimum Gasteiger partial charge on any atom is -0.480 e. The number of aryl methyl sites for hydroxylation is 1. The quantitative estimate of drug-likeness (QED) is 0.250. The maximum atomic E-state index is 12.0. The summed E-state index contributed by atoms with van der Waals surface area (Å²) >= 11 is 0. The number of carboxylic acid groups (broad SMARTS) is 1. The van der Waals surface area contributed by atoms with E-state index in [2.05, 4.69) is 35.3 Å². The van der Waals surface area contributed by atoms with E-state index in [1.54, 1.807) is 7.11 Å². The van der Waals surface area contributed by atoms with Crippen molar-refractivity contribution in [2.45, 2.75) is 53.3 Å². The molecule has 1 N–H and O–H groups in total. The fraction of sp³-hybridized carbons (Fsp3) is 0.344. The fourth-order valence-corrected chi connectivity index (χ4v) is 5.12. The third kappa shape index (κ3) is 6.10. The Morgan fingerprint density at radius 2 is 1.69 bits per heavy atom. The molecule has 204 valence electrons. The van der Waals surface area contributed by atoms with E-state index in [1.807, 2.05) is 88.2 Å². The SMILES string of the molecule is COCc1cc(-c2nc(-c3ccc(C(C)N(C)C(C(=O)O)C(C)(C)C)cc3)no2)ccc1-c1ccccc1C. The van der Waals surface area contributed by atoms with Crippen LogP contribution in [-0.2, 0) is 16.1 Å². The normalized spacial score (nSPS) is 13.4. The number of aliphatic carboxylic acids is 1. The number of likely N-dealkylation sites (N-methyl/N-ethyl adjacent to an activating group) is 1. The number of carbonyl (C=O) groups is 1. The van der Waals surface area contributed by atoms with E-state index in [9.17, 15) is 9.90 Å². The Bertz CT molecular complexity index is 1440. The Kier molecular flexibility index (Phi) is 8.33. The Morgan fingerprint density at radius 1 is 1.03 bits per heavy atom. The maximum absolute atomic E-state index is 12.0. The second-order valence-electron chi connectivity index (χ2n) is 11.1. The Balaban J connectivity index is 1.57. The van der Waals surface area contributed by atoms with Crippen LogP contribution in [0, 0.1) is 12.3 Å². The standard InChI is InChI=1S/C32H37N3O4/c1-20-10-8-9-11-26(20)27-17-16-24(18-25(27)19-38-7)30-33-29(34-39-30)23-14-12-22(13-15-23)21(2)35(6)28(31(36)37)32(3,4)5/h8-18,21,28H,19H2,1-7H3,(H,36,37). The van der Waals surface area contributed by atoms with Crippen molar-refractivity contribution < 1.29 is 19.2 Å². The molecule has 1 aromatic heterocycles. The monoisotopic (exact) mass is 527 g/mol. The maximum Gasteiger partial charge on any atom is 0.321 e. The van der Waals surface area contributed by atoms with Gasteiger partial charge in [-0.1, -0.05) is 80.5 Å². The van der Waals surface area contributed by atoms with Crippen molar-refractivity contribution in [1.82, 2.24) is 15.0 Å². The van der Waals surface area contributed by atoms with E-state index in [-0.39, 0.29) is 6.04 Å². The molecule has 7 heteroatoms. The van der Waals surface area contributed by atoms with Gasteiger partial charge in [0, 0.05) is 24.3 Å². The minimum absolute atomic E-state index is 0.0915. The van der Waals surface area contributed by atoms with Gasteiger partial charge < -0.3 is 14.4 Å².